The number of benzene rings is 1. The lowest BCUT2D eigenvalue weighted by molar-refractivity contribution is 0.332. The van der Waals surface area contributed by atoms with Gasteiger partial charge in [-0.05, 0) is 68.0 Å². The zero-order valence-electron chi connectivity index (χ0n) is 11.7. The summed E-state index contributed by atoms with van der Waals surface area (Å²) in [6.07, 6.45) is 6.68. The summed E-state index contributed by atoms with van der Waals surface area (Å²) in [6.45, 7) is 3.37. The van der Waals surface area contributed by atoms with Crippen LogP contribution in [0.4, 0.5) is 0 Å². The third-order valence-corrected chi connectivity index (χ3v) is 5.27. The van der Waals surface area contributed by atoms with E-state index in [4.69, 9.17) is 11.6 Å². The SMILES string of the molecule is CCCNC(Cc1ccccc1Cl)C1CC2CC2C1. The van der Waals surface area contributed by atoms with Crippen molar-refractivity contribution in [2.45, 2.75) is 45.1 Å². The number of hydrogen-bond donors (Lipinski definition) is 1. The topological polar surface area (TPSA) is 12.0 Å². The van der Waals surface area contributed by atoms with Gasteiger partial charge in [-0.3, -0.25) is 0 Å². The molecule has 2 saturated carbocycles. The number of halogens is 1. The predicted octanol–water partition coefficient (Wildman–Crippen LogP) is 4.30. The van der Waals surface area contributed by atoms with Crippen LogP contribution in [0.15, 0.2) is 24.3 Å². The maximum Gasteiger partial charge on any atom is 0.0438 e. The predicted molar refractivity (Wildman–Crippen MR) is 81.6 cm³/mol. The van der Waals surface area contributed by atoms with Gasteiger partial charge < -0.3 is 5.32 Å². The van der Waals surface area contributed by atoms with Crippen molar-refractivity contribution >= 4 is 11.6 Å². The van der Waals surface area contributed by atoms with Crippen LogP contribution in [0.3, 0.4) is 0 Å². The molecule has 0 aromatic heterocycles. The normalized spacial score (nSPS) is 30.1. The van der Waals surface area contributed by atoms with Crippen LogP contribution in [-0.4, -0.2) is 12.6 Å². The first-order valence-corrected chi connectivity index (χ1v) is 8.12. The lowest BCUT2D eigenvalue weighted by Gasteiger charge is -2.26. The summed E-state index contributed by atoms with van der Waals surface area (Å²) in [7, 11) is 0. The molecule has 1 nitrogen and oxygen atoms in total. The zero-order valence-corrected chi connectivity index (χ0v) is 12.5. The largest absolute Gasteiger partial charge is 0.313 e. The molecule has 2 heteroatoms. The van der Waals surface area contributed by atoms with Crippen LogP contribution < -0.4 is 5.32 Å². The van der Waals surface area contributed by atoms with Crippen LogP contribution in [0, 0.1) is 17.8 Å². The van der Waals surface area contributed by atoms with Crippen molar-refractivity contribution in [2.24, 2.45) is 17.8 Å². The Balaban J connectivity index is 1.66. The molecule has 0 amide bonds. The zero-order chi connectivity index (χ0) is 13.2. The quantitative estimate of drug-likeness (QED) is 0.818. The van der Waals surface area contributed by atoms with Crippen molar-refractivity contribution in [1.82, 2.24) is 5.32 Å². The van der Waals surface area contributed by atoms with E-state index < -0.39 is 0 Å². The fourth-order valence-corrected chi connectivity index (χ4v) is 3.94. The third-order valence-electron chi connectivity index (χ3n) is 4.90. The smallest absolute Gasteiger partial charge is 0.0438 e. The highest BCUT2D eigenvalue weighted by Gasteiger charge is 2.47. The molecule has 1 aromatic rings. The van der Waals surface area contributed by atoms with E-state index in [1.807, 2.05) is 12.1 Å². The maximum atomic E-state index is 6.32. The van der Waals surface area contributed by atoms with Crippen LogP contribution in [0.5, 0.6) is 0 Å². The van der Waals surface area contributed by atoms with Gasteiger partial charge in [0.25, 0.3) is 0 Å². The standard InChI is InChI=1S/C17H24ClN/c1-2-7-19-17(15-9-13-8-14(13)10-15)11-12-5-3-4-6-16(12)18/h3-6,13-15,17,19H,2,7-11H2,1H3. The van der Waals surface area contributed by atoms with Crippen molar-refractivity contribution in [2.75, 3.05) is 6.54 Å². The van der Waals surface area contributed by atoms with E-state index in [2.05, 4.69) is 24.4 Å². The summed E-state index contributed by atoms with van der Waals surface area (Å²) in [4.78, 5) is 0. The van der Waals surface area contributed by atoms with Gasteiger partial charge in [-0.25, -0.2) is 0 Å². The molecule has 0 bridgehead atoms. The van der Waals surface area contributed by atoms with Gasteiger partial charge >= 0.3 is 0 Å². The monoisotopic (exact) mass is 277 g/mol. The molecule has 3 atom stereocenters. The minimum Gasteiger partial charge on any atom is -0.313 e. The molecule has 1 N–H and O–H groups in total. The molecule has 0 aliphatic heterocycles. The summed E-state index contributed by atoms with van der Waals surface area (Å²) in [6, 6.07) is 8.93. The van der Waals surface area contributed by atoms with E-state index in [0.717, 1.165) is 35.7 Å². The molecule has 0 heterocycles. The van der Waals surface area contributed by atoms with E-state index in [9.17, 15) is 0 Å². The van der Waals surface area contributed by atoms with Crippen LogP contribution >= 0.6 is 11.6 Å². The number of nitrogens with one attached hydrogen (secondary N) is 1. The van der Waals surface area contributed by atoms with Gasteiger partial charge in [-0.15, -0.1) is 0 Å². The molecule has 2 aliphatic carbocycles. The van der Waals surface area contributed by atoms with Crippen LogP contribution in [-0.2, 0) is 6.42 Å². The van der Waals surface area contributed by atoms with Gasteiger partial charge in [-0.1, -0.05) is 36.7 Å². The maximum absolute atomic E-state index is 6.32. The molecule has 1 aromatic carbocycles. The van der Waals surface area contributed by atoms with Crippen LogP contribution in [0.25, 0.3) is 0 Å². The van der Waals surface area contributed by atoms with Gasteiger partial charge in [0.05, 0.1) is 0 Å². The second kappa shape index (κ2) is 5.85. The van der Waals surface area contributed by atoms with Crippen LogP contribution in [0.2, 0.25) is 5.02 Å². The van der Waals surface area contributed by atoms with Crippen molar-refractivity contribution in [3.05, 3.63) is 34.9 Å². The Morgan fingerprint density at radius 3 is 2.63 bits per heavy atom. The Morgan fingerprint density at radius 1 is 1.21 bits per heavy atom. The molecule has 0 radical (unpaired) electrons. The number of rotatable bonds is 6. The average Bonchev–Trinajstić information content (AvgIpc) is 3.03. The molecule has 19 heavy (non-hydrogen) atoms. The Hall–Kier alpha value is -0.530. The summed E-state index contributed by atoms with van der Waals surface area (Å²) in [5.41, 5.74) is 1.30. The molecule has 2 aliphatic rings. The highest BCUT2D eigenvalue weighted by molar-refractivity contribution is 6.31. The Bertz CT molecular complexity index is 421. The van der Waals surface area contributed by atoms with Gasteiger partial charge in [-0.2, -0.15) is 0 Å². The molecule has 2 fully saturated rings. The molecular formula is C17H24ClN. The molecule has 104 valence electrons. The highest BCUT2D eigenvalue weighted by atomic mass is 35.5. The molecule has 0 spiro atoms. The molecule has 3 rings (SSSR count). The van der Waals surface area contributed by atoms with Crippen molar-refractivity contribution in [1.29, 1.82) is 0 Å². The van der Waals surface area contributed by atoms with E-state index in [0.29, 0.717) is 6.04 Å². The first-order valence-electron chi connectivity index (χ1n) is 7.74. The number of fused-ring (bicyclic) bond motifs is 1. The summed E-state index contributed by atoms with van der Waals surface area (Å²) in [5, 5.41) is 4.69. The summed E-state index contributed by atoms with van der Waals surface area (Å²) in [5.74, 6) is 2.98. The van der Waals surface area contributed by atoms with Gasteiger partial charge in [0.1, 0.15) is 0 Å². The lowest BCUT2D eigenvalue weighted by Crippen LogP contribution is -2.38. The van der Waals surface area contributed by atoms with E-state index in [1.54, 1.807) is 0 Å². The second-order valence-electron chi connectivity index (χ2n) is 6.34. The molecule has 3 unspecified atom stereocenters. The minimum absolute atomic E-state index is 0.618. The first kappa shape index (κ1) is 13.5. The fraction of sp³-hybridized carbons (Fsp3) is 0.647. The van der Waals surface area contributed by atoms with Crippen molar-refractivity contribution in [3.63, 3.8) is 0 Å². The van der Waals surface area contributed by atoms with Crippen molar-refractivity contribution < 1.29 is 0 Å². The molecule has 0 saturated heterocycles. The minimum atomic E-state index is 0.618. The first-order chi connectivity index (χ1) is 9.28. The lowest BCUT2D eigenvalue weighted by atomic mass is 9.89. The Labute approximate surface area is 121 Å². The second-order valence-corrected chi connectivity index (χ2v) is 6.75. The van der Waals surface area contributed by atoms with Gasteiger partial charge in [0.2, 0.25) is 0 Å². The highest BCUT2D eigenvalue weighted by Crippen LogP contribution is 2.55. The summed E-state index contributed by atoms with van der Waals surface area (Å²) >= 11 is 6.32. The number of hydrogen-bond acceptors (Lipinski definition) is 1. The van der Waals surface area contributed by atoms with Gasteiger partial charge in [0, 0.05) is 11.1 Å². The van der Waals surface area contributed by atoms with Crippen LogP contribution in [0.1, 0.15) is 38.2 Å². The summed E-state index contributed by atoms with van der Waals surface area (Å²) < 4.78 is 0. The molecular weight excluding hydrogens is 254 g/mol. The Kier molecular flexibility index (Phi) is 4.14. The fourth-order valence-electron chi connectivity index (χ4n) is 3.73. The van der Waals surface area contributed by atoms with Gasteiger partial charge in [0.15, 0.2) is 0 Å². The third kappa shape index (κ3) is 3.14. The average molecular weight is 278 g/mol. The van der Waals surface area contributed by atoms with Crippen molar-refractivity contribution in [3.8, 4) is 0 Å². The van der Waals surface area contributed by atoms with E-state index in [-0.39, 0.29) is 0 Å². The van der Waals surface area contributed by atoms with E-state index >= 15 is 0 Å². The van der Waals surface area contributed by atoms with E-state index in [1.165, 1.54) is 31.2 Å². The Morgan fingerprint density at radius 2 is 1.95 bits per heavy atom.